The van der Waals surface area contributed by atoms with Gasteiger partial charge >= 0.3 is 0 Å². The average molecular weight is 232 g/mol. The van der Waals surface area contributed by atoms with Crippen molar-refractivity contribution in [2.24, 2.45) is 0 Å². The van der Waals surface area contributed by atoms with Gasteiger partial charge in [0.1, 0.15) is 5.75 Å². The summed E-state index contributed by atoms with van der Waals surface area (Å²) in [6, 6.07) is 9.82. The van der Waals surface area contributed by atoms with Crippen molar-refractivity contribution < 1.29 is 9.84 Å². The number of hydrogen-bond donors (Lipinski definition) is 2. The van der Waals surface area contributed by atoms with E-state index in [0.717, 1.165) is 22.3 Å². The van der Waals surface area contributed by atoms with Crippen LogP contribution < -0.4 is 10.1 Å². The van der Waals surface area contributed by atoms with E-state index in [2.05, 4.69) is 10.3 Å². The third-order valence-corrected chi connectivity index (χ3v) is 2.55. The summed E-state index contributed by atoms with van der Waals surface area (Å²) in [5.74, 6) is 0.838. The summed E-state index contributed by atoms with van der Waals surface area (Å²) in [6.07, 6.45) is 0. The number of pyridine rings is 1. The van der Waals surface area contributed by atoms with Gasteiger partial charge in [0, 0.05) is 18.5 Å². The summed E-state index contributed by atoms with van der Waals surface area (Å²) < 4.78 is 5.16. The molecule has 0 saturated heterocycles. The van der Waals surface area contributed by atoms with Crippen LogP contribution in [-0.2, 0) is 6.54 Å². The Balaban J connectivity index is 2.19. The lowest BCUT2D eigenvalue weighted by molar-refractivity contribution is 0.291. The number of methoxy groups -OCH3 is 1. The molecule has 0 radical (unpaired) electrons. The zero-order valence-electron chi connectivity index (χ0n) is 9.81. The number of aliphatic hydroxyl groups excluding tert-OH is 1. The van der Waals surface area contributed by atoms with Crippen molar-refractivity contribution in [3.63, 3.8) is 0 Å². The van der Waals surface area contributed by atoms with Gasteiger partial charge in [-0.1, -0.05) is 6.07 Å². The number of ether oxygens (including phenoxy) is 1. The van der Waals surface area contributed by atoms with Gasteiger partial charge in [-0.15, -0.1) is 0 Å². The highest BCUT2D eigenvalue weighted by Crippen LogP contribution is 2.19. The molecule has 1 heterocycles. The van der Waals surface area contributed by atoms with Crippen LogP contribution in [0.15, 0.2) is 30.3 Å². The van der Waals surface area contributed by atoms with Crippen molar-refractivity contribution in [2.45, 2.75) is 6.54 Å². The minimum Gasteiger partial charge on any atom is -0.497 e. The molecule has 17 heavy (non-hydrogen) atoms. The number of aromatic nitrogens is 1. The van der Waals surface area contributed by atoms with Gasteiger partial charge in [0.15, 0.2) is 0 Å². The van der Waals surface area contributed by atoms with Crippen LogP contribution in [0.2, 0.25) is 0 Å². The summed E-state index contributed by atoms with van der Waals surface area (Å²) in [6.45, 7) is 1.40. The fraction of sp³-hybridized carbons (Fsp3) is 0.308. The Kier molecular flexibility index (Phi) is 3.90. The monoisotopic (exact) mass is 232 g/mol. The van der Waals surface area contributed by atoms with Gasteiger partial charge in [-0.2, -0.15) is 0 Å². The first kappa shape index (κ1) is 11.8. The van der Waals surface area contributed by atoms with Crippen LogP contribution in [0.4, 0.5) is 0 Å². The van der Waals surface area contributed by atoms with Crippen molar-refractivity contribution in [2.75, 3.05) is 20.3 Å². The maximum atomic E-state index is 8.68. The first-order valence-corrected chi connectivity index (χ1v) is 5.59. The number of aliphatic hydroxyl groups is 1. The zero-order valence-corrected chi connectivity index (χ0v) is 9.81. The molecule has 2 rings (SSSR count). The molecule has 1 aromatic heterocycles. The van der Waals surface area contributed by atoms with E-state index in [4.69, 9.17) is 9.84 Å². The predicted octanol–water partition coefficient (Wildman–Crippen LogP) is 1.33. The predicted molar refractivity (Wildman–Crippen MR) is 67.1 cm³/mol. The van der Waals surface area contributed by atoms with E-state index in [1.165, 1.54) is 0 Å². The molecule has 0 fully saturated rings. The van der Waals surface area contributed by atoms with Gasteiger partial charge in [0.25, 0.3) is 0 Å². The van der Waals surface area contributed by atoms with Crippen LogP contribution in [0.25, 0.3) is 10.9 Å². The molecule has 0 bridgehead atoms. The van der Waals surface area contributed by atoms with Crippen LogP contribution >= 0.6 is 0 Å². The van der Waals surface area contributed by atoms with Crippen molar-refractivity contribution in [1.82, 2.24) is 10.3 Å². The summed E-state index contributed by atoms with van der Waals surface area (Å²) in [4.78, 5) is 4.52. The summed E-state index contributed by atoms with van der Waals surface area (Å²) in [5.41, 5.74) is 1.92. The average Bonchev–Trinajstić information content (AvgIpc) is 2.38. The molecule has 4 nitrogen and oxygen atoms in total. The Hall–Kier alpha value is -1.65. The lowest BCUT2D eigenvalue weighted by Gasteiger charge is -2.05. The molecule has 2 aromatic rings. The number of rotatable bonds is 5. The van der Waals surface area contributed by atoms with Crippen LogP contribution in [0.5, 0.6) is 5.75 Å². The van der Waals surface area contributed by atoms with Crippen molar-refractivity contribution in [3.05, 3.63) is 36.0 Å². The highest BCUT2D eigenvalue weighted by molar-refractivity contribution is 5.80. The number of nitrogens with zero attached hydrogens (tertiary/aromatic N) is 1. The number of fused-ring (bicyclic) bond motifs is 1. The molecule has 0 amide bonds. The number of benzene rings is 1. The van der Waals surface area contributed by atoms with E-state index in [9.17, 15) is 0 Å². The van der Waals surface area contributed by atoms with Crippen molar-refractivity contribution >= 4 is 10.9 Å². The molecule has 0 saturated carbocycles. The lowest BCUT2D eigenvalue weighted by atomic mass is 10.2. The highest BCUT2D eigenvalue weighted by Gasteiger charge is 2.00. The normalized spacial score (nSPS) is 10.7. The SMILES string of the molecule is COc1ccc2nc(CNCCO)ccc2c1. The van der Waals surface area contributed by atoms with Crippen LogP contribution in [-0.4, -0.2) is 30.4 Å². The highest BCUT2D eigenvalue weighted by atomic mass is 16.5. The Morgan fingerprint density at radius 1 is 1.29 bits per heavy atom. The van der Waals surface area contributed by atoms with E-state index < -0.39 is 0 Å². The molecular weight excluding hydrogens is 216 g/mol. The van der Waals surface area contributed by atoms with Gasteiger partial charge in [-0.25, -0.2) is 0 Å². The van der Waals surface area contributed by atoms with Gasteiger partial charge in [0.05, 0.1) is 24.9 Å². The Morgan fingerprint density at radius 2 is 2.18 bits per heavy atom. The molecule has 0 aliphatic rings. The Morgan fingerprint density at radius 3 is 2.94 bits per heavy atom. The Labute approximate surface area is 100 Å². The maximum absolute atomic E-state index is 8.68. The fourth-order valence-electron chi connectivity index (χ4n) is 1.67. The molecule has 2 N–H and O–H groups in total. The molecule has 0 aliphatic heterocycles. The van der Waals surface area contributed by atoms with E-state index in [1.807, 2.05) is 30.3 Å². The van der Waals surface area contributed by atoms with E-state index in [-0.39, 0.29) is 6.61 Å². The van der Waals surface area contributed by atoms with E-state index in [0.29, 0.717) is 13.1 Å². The molecule has 90 valence electrons. The quantitative estimate of drug-likeness (QED) is 0.763. The molecule has 0 spiro atoms. The minimum absolute atomic E-state index is 0.144. The second kappa shape index (κ2) is 5.61. The van der Waals surface area contributed by atoms with Crippen LogP contribution in [0.3, 0.4) is 0 Å². The van der Waals surface area contributed by atoms with E-state index >= 15 is 0 Å². The third kappa shape index (κ3) is 2.93. The van der Waals surface area contributed by atoms with Gasteiger partial charge in [0.2, 0.25) is 0 Å². The van der Waals surface area contributed by atoms with Crippen LogP contribution in [0.1, 0.15) is 5.69 Å². The third-order valence-electron chi connectivity index (χ3n) is 2.55. The molecule has 1 aromatic carbocycles. The lowest BCUT2D eigenvalue weighted by Crippen LogP contribution is -2.18. The molecule has 0 unspecified atom stereocenters. The summed E-state index contributed by atoms with van der Waals surface area (Å²) >= 11 is 0. The van der Waals surface area contributed by atoms with Gasteiger partial charge < -0.3 is 15.2 Å². The second-order valence-corrected chi connectivity index (χ2v) is 3.76. The smallest absolute Gasteiger partial charge is 0.119 e. The van der Waals surface area contributed by atoms with Crippen molar-refractivity contribution in [1.29, 1.82) is 0 Å². The zero-order chi connectivity index (χ0) is 12.1. The molecule has 0 atom stereocenters. The van der Waals surface area contributed by atoms with Crippen LogP contribution in [0, 0.1) is 0 Å². The first-order chi connectivity index (χ1) is 8.33. The summed E-state index contributed by atoms with van der Waals surface area (Å²) in [5, 5.41) is 12.8. The van der Waals surface area contributed by atoms with E-state index in [1.54, 1.807) is 7.11 Å². The first-order valence-electron chi connectivity index (χ1n) is 5.59. The minimum atomic E-state index is 0.144. The largest absolute Gasteiger partial charge is 0.497 e. The topological polar surface area (TPSA) is 54.4 Å². The molecular formula is C13H16N2O2. The van der Waals surface area contributed by atoms with Gasteiger partial charge in [-0.05, 0) is 24.3 Å². The number of nitrogens with one attached hydrogen (secondary N) is 1. The fourth-order valence-corrected chi connectivity index (χ4v) is 1.67. The number of hydrogen-bond acceptors (Lipinski definition) is 4. The molecule has 0 aliphatic carbocycles. The van der Waals surface area contributed by atoms with Gasteiger partial charge in [-0.3, -0.25) is 4.98 Å². The molecule has 4 heteroatoms. The second-order valence-electron chi connectivity index (χ2n) is 3.76. The Bertz CT molecular complexity index is 500. The maximum Gasteiger partial charge on any atom is 0.119 e. The standard InChI is InChI=1S/C13H16N2O2/c1-17-12-4-5-13-10(8-12)2-3-11(15-13)9-14-6-7-16/h2-5,8,14,16H,6-7,9H2,1H3. The van der Waals surface area contributed by atoms with Crippen molar-refractivity contribution in [3.8, 4) is 5.75 Å². The summed E-state index contributed by atoms with van der Waals surface area (Å²) in [7, 11) is 1.65.